The minimum atomic E-state index is -1.04. The molecule has 0 spiro atoms. The van der Waals surface area contributed by atoms with Crippen molar-refractivity contribution in [2.75, 3.05) is 28.4 Å². The zero-order valence-corrected chi connectivity index (χ0v) is 25.7. The molecule has 6 aromatic rings. The molecule has 45 heavy (non-hydrogen) atoms. The van der Waals surface area contributed by atoms with E-state index in [-0.39, 0.29) is 0 Å². The molecule has 0 saturated carbocycles. The highest BCUT2D eigenvalue weighted by Gasteiger charge is 2.53. The average molecular weight is 595 g/mol. The number of benzene rings is 6. The molecule has 0 bridgehead atoms. The Morgan fingerprint density at radius 2 is 0.667 bits per heavy atom. The summed E-state index contributed by atoms with van der Waals surface area (Å²) in [5.74, 6) is 3.09. The van der Waals surface area contributed by atoms with Gasteiger partial charge in [0.2, 0.25) is 0 Å². The van der Waals surface area contributed by atoms with Crippen molar-refractivity contribution in [3.8, 4) is 23.0 Å². The summed E-state index contributed by atoms with van der Waals surface area (Å²) in [7, 11) is 6.73. The maximum atomic E-state index is 7.95. The van der Waals surface area contributed by atoms with Gasteiger partial charge >= 0.3 is 0 Å². The van der Waals surface area contributed by atoms with Crippen LogP contribution in [0.1, 0.15) is 33.4 Å². The summed E-state index contributed by atoms with van der Waals surface area (Å²) in [6.45, 7) is 0. The van der Waals surface area contributed by atoms with Gasteiger partial charge in [-0.15, -0.1) is 0 Å². The number of hydrogen-bond acceptors (Lipinski definition) is 5. The second-order valence-corrected chi connectivity index (χ2v) is 11.1. The second kappa shape index (κ2) is 11.3. The van der Waals surface area contributed by atoms with Crippen molar-refractivity contribution in [1.29, 1.82) is 0 Å². The zero-order valence-electron chi connectivity index (χ0n) is 25.7. The summed E-state index contributed by atoms with van der Waals surface area (Å²) in [5.41, 5.74) is 3.94. The Labute approximate surface area is 263 Å². The van der Waals surface area contributed by atoms with Crippen molar-refractivity contribution >= 4 is 10.8 Å². The van der Waals surface area contributed by atoms with Crippen LogP contribution >= 0.6 is 0 Å². The summed E-state index contributed by atoms with van der Waals surface area (Å²) < 4.78 is 30.3. The van der Waals surface area contributed by atoms with Gasteiger partial charge in [-0.2, -0.15) is 0 Å². The Morgan fingerprint density at radius 1 is 0.378 bits per heavy atom. The van der Waals surface area contributed by atoms with Crippen molar-refractivity contribution < 1.29 is 23.7 Å². The second-order valence-electron chi connectivity index (χ2n) is 11.1. The van der Waals surface area contributed by atoms with Crippen LogP contribution in [0, 0.1) is 0 Å². The monoisotopic (exact) mass is 594 g/mol. The quantitative estimate of drug-likeness (QED) is 0.177. The first-order chi connectivity index (χ1) is 22.1. The zero-order chi connectivity index (χ0) is 31.0. The fraction of sp³-hybridized carbons (Fsp3) is 0.150. The van der Waals surface area contributed by atoms with Crippen molar-refractivity contribution in [3.05, 3.63) is 167 Å². The summed E-state index contributed by atoms with van der Waals surface area (Å²) in [6, 6.07) is 45.7. The number of rotatable bonds is 8. The van der Waals surface area contributed by atoms with E-state index in [1.807, 2.05) is 48.5 Å². The highest BCUT2D eigenvalue weighted by molar-refractivity contribution is 5.93. The Kier molecular flexibility index (Phi) is 7.19. The molecule has 0 aliphatic carbocycles. The van der Waals surface area contributed by atoms with E-state index in [9.17, 15) is 0 Å². The first kappa shape index (κ1) is 28.5. The molecule has 0 amide bonds. The maximum absolute atomic E-state index is 7.95. The van der Waals surface area contributed by atoms with E-state index in [2.05, 4.69) is 84.9 Å². The third-order valence-electron chi connectivity index (χ3n) is 8.96. The van der Waals surface area contributed by atoms with Crippen LogP contribution in [-0.2, 0) is 15.9 Å². The largest absolute Gasteiger partial charge is 0.497 e. The van der Waals surface area contributed by atoms with Gasteiger partial charge in [0.25, 0.3) is 0 Å². The molecule has 5 nitrogen and oxygen atoms in total. The van der Waals surface area contributed by atoms with Gasteiger partial charge in [-0.1, -0.05) is 84.9 Å². The molecule has 0 saturated heterocycles. The fourth-order valence-electron chi connectivity index (χ4n) is 6.76. The first-order valence-electron chi connectivity index (χ1n) is 14.9. The normalized spacial score (nSPS) is 14.5. The van der Waals surface area contributed by atoms with Gasteiger partial charge in [0.1, 0.15) is 34.2 Å². The van der Waals surface area contributed by atoms with Crippen molar-refractivity contribution in [2.45, 2.75) is 11.2 Å². The fourth-order valence-corrected chi connectivity index (χ4v) is 6.76. The molecule has 6 aromatic carbocycles. The lowest BCUT2D eigenvalue weighted by Crippen LogP contribution is -2.47. The molecule has 1 heterocycles. The third-order valence-corrected chi connectivity index (χ3v) is 8.96. The molecule has 0 N–H and O–H groups in total. The Balaban J connectivity index is 1.65. The lowest BCUT2D eigenvalue weighted by atomic mass is 9.68. The third kappa shape index (κ3) is 4.42. The summed E-state index contributed by atoms with van der Waals surface area (Å²) >= 11 is 0. The molecule has 5 heteroatoms. The minimum Gasteiger partial charge on any atom is -0.497 e. The first-order valence-corrected chi connectivity index (χ1v) is 14.9. The SMILES string of the molecule is COc1ccc(C2(c3ccc(OC)cc3)OC(c3ccc(OC)cc3)(c3ccc(OC)cc3)c3cccc4cccc2c34)cc1. The molecule has 0 fully saturated rings. The van der Waals surface area contributed by atoms with Crippen LogP contribution in [0.4, 0.5) is 0 Å². The highest BCUT2D eigenvalue weighted by atomic mass is 16.5. The average Bonchev–Trinajstić information content (AvgIpc) is 3.12. The van der Waals surface area contributed by atoms with Crippen LogP contribution in [0.5, 0.6) is 23.0 Å². The lowest BCUT2D eigenvalue weighted by Gasteiger charge is -2.50. The molecule has 0 unspecified atom stereocenters. The van der Waals surface area contributed by atoms with Crippen LogP contribution in [0.2, 0.25) is 0 Å². The lowest BCUT2D eigenvalue weighted by molar-refractivity contribution is -0.0849. The summed E-state index contributed by atoms with van der Waals surface area (Å²) in [5, 5.41) is 2.27. The van der Waals surface area contributed by atoms with E-state index in [1.54, 1.807) is 28.4 Å². The van der Waals surface area contributed by atoms with E-state index in [0.717, 1.165) is 67.2 Å². The van der Waals surface area contributed by atoms with Crippen molar-refractivity contribution in [2.24, 2.45) is 0 Å². The number of hydrogen-bond donors (Lipinski definition) is 0. The van der Waals surface area contributed by atoms with Gasteiger partial charge in [0.05, 0.1) is 28.4 Å². The topological polar surface area (TPSA) is 46.2 Å². The van der Waals surface area contributed by atoms with Crippen molar-refractivity contribution in [3.63, 3.8) is 0 Å². The molecular formula is C40H34O5. The van der Waals surface area contributed by atoms with E-state index in [4.69, 9.17) is 23.7 Å². The van der Waals surface area contributed by atoms with E-state index >= 15 is 0 Å². The molecular weight excluding hydrogens is 560 g/mol. The standard InChI is InChI=1S/C40H34O5/c1-41-32-19-11-28(12-20-32)39(29-13-21-33(42-2)22-14-29)36-9-5-7-27-8-6-10-37(38(27)36)40(45-39,30-15-23-34(43-3)24-16-30)31-17-25-35(44-4)26-18-31/h5-26H,1-4H3. The van der Waals surface area contributed by atoms with Crippen molar-refractivity contribution in [1.82, 2.24) is 0 Å². The van der Waals surface area contributed by atoms with Gasteiger partial charge in [-0.05, 0) is 81.6 Å². The van der Waals surface area contributed by atoms with Crippen LogP contribution < -0.4 is 18.9 Å². The molecule has 0 radical (unpaired) electrons. The predicted molar refractivity (Wildman–Crippen MR) is 177 cm³/mol. The van der Waals surface area contributed by atoms with Gasteiger partial charge in [0, 0.05) is 11.1 Å². The van der Waals surface area contributed by atoms with E-state index < -0.39 is 11.2 Å². The van der Waals surface area contributed by atoms with Crippen LogP contribution in [0.15, 0.2) is 133 Å². The summed E-state index contributed by atoms with van der Waals surface area (Å²) in [6.07, 6.45) is 0. The summed E-state index contributed by atoms with van der Waals surface area (Å²) in [4.78, 5) is 0. The van der Waals surface area contributed by atoms with E-state index in [0.29, 0.717) is 0 Å². The van der Waals surface area contributed by atoms with Crippen LogP contribution in [-0.4, -0.2) is 28.4 Å². The predicted octanol–water partition coefficient (Wildman–Crippen LogP) is 8.49. The molecule has 7 rings (SSSR count). The molecule has 0 aromatic heterocycles. The Bertz CT molecular complexity index is 1710. The van der Waals surface area contributed by atoms with Crippen LogP contribution in [0.25, 0.3) is 10.8 Å². The number of methoxy groups -OCH3 is 4. The molecule has 1 aliphatic heterocycles. The molecule has 224 valence electrons. The van der Waals surface area contributed by atoms with E-state index in [1.165, 1.54) is 0 Å². The van der Waals surface area contributed by atoms with Gasteiger partial charge in [0.15, 0.2) is 0 Å². The Morgan fingerprint density at radius 3 is 0.933 bits per heavy atom. The van der Waals surface area contributed by atoms with Crippen LogP contribution in [0.3, 0.4) is 0 Å². The minimum absolute atomic E-state index is 0.773. The Hall–Kier alpha value is -5.26. The molecule has 0 atom stereocenters. The van der Waals surface area contributed by atoms with Gasteiger partial charge in [-0.3, -0.25) is 0 Å². The maximum Gasteiger partial charge on any atom is 0.146 e. The molecule has 1 aliphatic rings. The van der Waals surface area contributed by atoms with Gasteiger partial charge < -0.3 is 23.7 Å². The highest BCUT2D eigenvalue weighted by Crippen LogP contribution is 2.58. The number of ether oxygens (including phenoxy) is 5. The smallest absolute Gasteiger partial charge is 0.146 e. The van der Waals surface area contributed by atoms with Gasteiger partial charge in [-0.25, -0.2) is 0 Å².